The smallest absolute Gasteiger partial charge is 0.322 e. The van der Waals surface area contributed by atoms with Crippen molar-refractivity contribution in [3.8, 4) is 0 Å². The standard InChI is InChI=1S/C11H21NO5S/c1-9(13)7-10-5-3-4-6-12(10)18(15,16)8-11(14)17-2/h9-10,13H,3-8H2,1-2H3. The Hall–Kier alpha value is -0.660. The molecule has 7 heteroatoms. The van der Waals surface area contributed by atoms with Gasteiger partial charge in [-0.3, -0.25) is 4.79 Å². The lowest BCUT2D eigenvalue weighted by atomic mass is 10.00. The lowest BCUT2D eigenvalue weighted by Crippen LogP contribution is -2.47. The van der Waals surface area contributed by atoms with Crippen LogP contribution >= 0.6 is 0 Å². The number of carbonyl (C=O) groups is 1. The molecule has 0 spiro atoms. The number of carbonyl (C=O) groups excluding carboxylic acids is 1. The Kier molecular flexibility index (Phi) is 5.55. The van der Waals surface area contributed by atoms with Crippen LogP contribution < -0.4 is 0 Å². The van der Waals surface area contributed by atoms with E-state index in [0.717, 1.165) is 19.3 Å². The third kappa shape index (κ3) is 4.22. The van der Waals surface area contributed by atoms with Gasteiger partial charge in [-0.1, -0.05) is 6.42 Å². The summed E-state index contributed by atoms with van der Waals surface area (Å²) in [4.78, 5) is 11.1. The molecule has 1 fully saturated rings. The maximum absolute atomic E-state index is 12.1. The SMILES string of the molecule is COC(=O)CS(=O)(=O)N1CCCCC1CC(C)O. The fraction of sp³-hybridized carbons (Fsp3) is 0.909. The summed E-state index contributed by atoms with van der Waals surface area (Å²) in [5.74, 6) is -1.38. The van der Waals surface area contributed by atoms with Gasteiger partial charge in [0.2, 0.25) is 10.0 Å². The van der Waals surface area contributed by atoms with Gasteiger partial charge in [-0.05, 0) is 26.2 Å². The summed E-state index contributed by atoms with van der Waals surface area (Å²) in [6.45, 7) is 2.05. The quantitative estimate of drug-likeness (QED) is 0.722. The summed E-state index contributed by atoms with van der Waals surface area (Å²) in [6.07, 6.45) is 2.31. The molecule has 0 aromatic carbocycles. The van der Waals surface area contributed by atoms with Crippen molar-refractivity contribution in [2.24, 2.45) is 0 Å². The van der Waals surface area contributed by atoms with Crippen molar-refractivity contribution in [1.82, 2.24) is 4.31 Å². The number of piperidine rings is 1. The summed E-state index contributed by atoms with van der Waals surface area (Å²) in [5, 5.41) is 9.40. The zero-order chi connectivity index (χ0) is 13.8. The number of hydrogen-bond acceptors (Lipinski definition) is 5. The number of nitrogens with zero attached hydrogens (tertiary/aromatic N) is 1. The van der Waals surface area contributed by atoms with Crippen LogP contribution in [0.15, 0.2) is 0 Å². The van der Waals surface area contributed by atoms with E-state index in [2.05, 4.69) is 4.74 Å². The van der Waals surface area contributed by atoms with Crippen molar-refractivity contribution in [3.63, 3.8) is 0 Å². The molecule has 1 N–H and O–H groups in total. The van der Waals surface area contributed by atoms with Gasteiger partial charge >= 0.3 is 5.97 Å². The Morgan fingerprint density at radius 3 is 2.72 bits per heavy atom. The number of esters is 1. The number of ether oxygens (including phenoxy) is 1. The largest absolute Gasteiger partial charge is 0.468 e. The topological polar surface area (TPSA) is 83.9 Å². The van der Waals surface area contributed by atoms with E-state index in [4.69, 9.17) is 0 Å². The highest BCUT2D eigenvalue weighted by Crippen LogP contribution is 2.24. The average Bonchev–Trinajstić information content (AvgIpc) is 2.28. The molecule has 106 valence electrons. The van der Waals surface area contributed by atoms with E-state index < -0.39 is 27.8 Å². The molecule has 0 aromatic heterocycles. The molecule has 1 rings (SSSR count). The average molecular weight is 279 g/mol. The Morgan fingerprint density at radius 2 is 2.17 bits per heavy atom. The lowest BCUT2D eigenvalue weighted by molar-refractivity contribution is -0.137. The predicted molar refractivity (Wildman–Crippen MR) is 66.4 cm³/mol. The molecule has 1 saturated heterocycles. The van der Waals surface area contributed by atoms with Crippen LogP contribution in [0.5, 0.6) is 0 Å². The lowest BCUT2D eigenvalue weighted by Gasteiger charge is -2.35. The van der Waals surface area contributed by atoms with Gasteiger partial charge < -0.3 is 9.84 Å². The molecule has 18 heavy (non-hydrogen) atoms. The zero-order valence-electron chi connectivity index (χ0n) is 10.8. The second-order valence-electron chi connectivity index (χ2n) is 4.68. The molecule has 0 bridgehead atoms. The molecule has 0 radical (unpaired) electrons. The van der Waals surface area contributed by atoms with Crippen molar-refractivity contribution in [2.45, 2.75) is 44.8 Å². The van der Waals surface area contributed by atoms with E-state index in [1.165, 1.54) is 11.4 Å². The van der Waals surface area contributed by atoms with Crippen molar-refractivity contribution in [1.29, 1.82) is 0 Å². The summed E-state index contributed by atoms with van der Waals surface area (Å²) < 4.78 is 29.9. The van der Waals surface area contributed by atoms with E-state index in [1.807, 2.05) is 0 Å². The van der Waals surface area contributed by atoms with Crippen LogP contribution in [-0.4, -0.2) is 55.4 Å². The molecule has 1 heterocycles. The number of methoxy groups -OCH3 is 1. The Bertz CT molecular complexity index is 379. The van der Waals surface area contributed by atoms with E-state index in [1.54, 1.807) is 6.92 Å². The van der Waals surface area contributed by atoms with Crippen LogP contribution in [0.1, 0.15) is 32.6 Å². The van der Waals surface area contributed by atoms with Gasteiger partial charge in [0, 0.05) is 12.6 Å². The number of aliphatic hydroxyl groups excluding tert-OH is 1. The summed E-state index contributed by atoms with van der Waals surface area (Å²) in [6, 6.07) is -0.214. The molecular formula is C11H21NO5S. The highest BCUT2D eigenvalue weighted by atomic mass is 32.2. The molecule has 0 amide bonds. The number of aliphatic hydroxyl groups is 1. The van der Waals surface area contributed by atoms with Gasteiger partial charge in [0.05, 0.1) is 13.2 Å². The molecule has 6 nitrogen and oxygen atoms in total. The molecule has 2 atom stereocenters. The first-order chi connectivity index (χ1) is 8.36. The number of rotatable bonds is 5. The minimum absolute atomic E-state index is 0.214. The van der Waals surface area contributed by atoms with Gasteiger partial charge in [0.25, 0.3) is 0 Å². The number of hydrogen-bond donors (Lipinski definition) is 1. The highest BCUT2D eigenvalue weighted by molar-refractivity contribution is 7.89. The van der Waals surface area contributed by atoms with Crippen LogP contribution in [0.25, 0.3) is 0 Å². The molecule has 2 unspecified atom stereocenters. The molecule has 0 aliphatic carbocycles. The molecule has 1 aliphatic rings. The van der Waals surface area contributed by atoms with Crippen LogP contribution in [0.3, 0.4) is 0 Å². The fourth-order valence-electron chi connectivity index (χ4n) is 2.26. The number of sulfonamides is 1. The van der Waals surface area contributed by atoms with Crippen molar-refractivity contribution in [3.05, 3.63) is 0 Å². The van der Waals surface area contributed by atoms with Crippen LogP contribution in [0, 0.1) is 0 Å². The first kappa shape index (κ1) is 15.4. The van der Waals surface area contributed by atoms with E-state index in [0.29, 0.717) is 13.0 Å². The van der Waals surface area contributed by atoms with Gasteiger partial charge in [0.1, 0.15) is 0 Å². The normalized spacial score (nSPS) is 23.6. The predicted octanol–water partition coefficient (Wildman–Crippen LogP) is 0.115. The van der Waals surface area contributed by atoms with Crippen molar-refractivity contribution >= 4 is 16.0 Å². The van der Waals surface area contributed by atoms with E-state index >= 15 is 0 Å². The van der Waals surface area contributed by atoms with E-state index in [9.17, 15) is 18.3 Å². The van der Waals surface area contributed by atoms with Crippen LogP contribution in [-0.2, 0) is 19.6 Å². The zero-order valence-corrected chi connectivity index (χ0v) is 11.6. The van der Waals surface area contributed by atoms with Crippen LogP contribution in [0.2, 0.25) is 0 Å². The second kappa shape index (κ2) is 6.49. The minimum atomic E-state index is -3.64. The van der Waals surface area contributed by atoms with Gasteiger partial charge in [0.15, 0.2) is 5.75 Å². The van der Waals surface area contributed by atoms with Gasteiger partial charge in [-0.2, -0.15) is 4.31 Å². The Labute approximate surface area is 108 Å². The van der Waals surface area contributed by atoms with Gasteiger partial charge in [-0.25, -0.2) is 8.42 Å². The van der Waals surface area contributed by atoms with Crippen LogP contribution in [0.4, 0.5) is 0 Å². The van der Waals surface area contributed by atoms with Crippen molar-refractivity contribution < 1.29 is 23.1 Å². The second-order valence-corrected chi connectivity index (χ2v) is 6.60. The summed E-state index contributed by atoms with van der Waals surface area (Å²) >= 11 is 0. The third-order valence-electron chi connectivity index (χ3n) is 3.07. The van der Waals surface area contributed by atoms with Crippen molar-refractivity contribution in [2.75, 3.05) is 19.4 Å². The highest BCUT2D eigenvalue weighted by Gasteiger charge is 2.34. The van der Waals surface area contributed by atoms with E-state index in [-0.39, 0.29) is 6.04 Å². The summed E-state index contributed by atoms with van der Waals surface area (Å²) in [7, 11) is -2.47. The third-order valence-corrected chi connectivity index (χ3v) is 4.87. The summed E-state index contributed by atoms with van der Waals surface area (Å²) in [5.41, 5.74) is 0. The van der Waals surface area contributed by atoms with Gasteiger partial charge in [-0.15, -0.1) is 0 Å². The fourth-order valence-corrected chi connectivity index (χ4v) is 3.89. The molecule has 0 saturated carbocycles. The maximum atomic E-state index is 12.1. The molecular weight excluding hydrogens is 258 g/mol. The minimum Gasteiger partial charge on any atom is -0.468 e. The molecule has 1 aliphatic heterocycles. The molecule has 0 aromatic rings. The Balaban J connectivity index is 2.78. The Morgan fingerprint density at radius 1 is 1.50 bits per heavy atom. The first-order valence-electron chi connectivity index (χ1n) is 6.11. The maximum Gasteiger partial charge on any atom is 0.322 e. The first-order valence-corrected chi connectivity index (χ1v) is 7.72. The monoisotopic (exact) mass is 279 g/mol.